The zero-order chi connectivity index (χ0) is 17.0. The molecule has 3 atom stereocenters. The molecule has 0 radical (unpaired) electrons. The van der Waals surface area contributed by atoms with Gasteiger partial charge in [-0.3, -0.25) is 4.79 Å². The Balaban J connectivity index is 2.29. The van der Waals surface area contributed by atoms with Crippen molar-refractivity contribution >= 4 is 11.6 Å². The molecule has 0 aromatic heterocycles. The average Bonchev–Trinajstić information content (AvgIpc) is 2.52. The predicted octanol–water partition coefficient (Wildman–Crippen LogP) is 2.78. The van der Waals surface area contributed by atoms with Crippen LogP contribution in [0.3, 0.4) is 0 Å². The van der Waals surface area contributed by atoms with E-state index in [0.29, 0.717) is 24.7 Å². The van der Waals surface area contributed by atoms with Gasteiger partial charge in [0.15, 0.2) is 6.29 Å². The molecule has 1 saturated heterocycles. The number of β-lactam (4-membered cyclic amide) rings is 1. The molecule has 0 saturated carbocycles. The highest BCUT2D eigenvalue weighted by atomic mass is 19.1. The van der Waals surface area contributed by atoms with E-state index in [4.69, 9.17) is 14.2 Å². The molecular formula is C17H24FNO4. The van der Waals surface area contributed by atoms with E-state index < -0.39 is 24.4 Å². The largest absolute Gasteiger partial charge is 0.497 e. The molecule has 128 valence electrons. The van der Waals surface area contributed by atoms with Gasteiger partial charge >= 0.3 is 0 Å². The van der Waals surface area contributed by atoms with Gasteiger partial charge in [0, 0.05) is 18.9 Å². The molecule has 0 aliphatic carbocycles. The van der Waals surface area contributed by atoms with Crippen LogP contribution in [0.2, 0.25) is 0 Å². The first kappa shape index (κ1) is 17.7. The molecule has 1 amide bonds. The summed E-state index contributed by atoms with van der Waals surface area (Å²) in [5.41, 5.74) is 0.683. The summed E-state index contributed by atoms with van der Waals surface area (Å²) in [5, 5.41) is 0. The minimum absolute atomic E-state index is 0.250. The second-order valence-electron chi connectivity index (χ2n) is 5.38. The third-order valence-corrected chi connectivity index (χ3v) is 3.97. The fourth-order valence-electron chi connectivity index (χ4n) is 2.91. The molecule has 23 heavy (non-hydrogen) atoms. The SMILES string of the molecule is CCOC(OCC)[C@@H]1[C@@H]([C@@H](C)F)C(=O)N1c1ccc(OC)cc1. The summed E-state index contributed by atoms with van der Waals surface area (Å²) in [6.45, 7) is 5.95. The fraction of sp³-hybridized carbons (Fsp3) is 0.588. The summed E-state index contributed by atoms with van der Waals surface area (Å²) in [4.78, 5) is 14.0. The Morgan fingerprint density at radius 2 is 1.74 bits per heavy atom. The van der Waals surface area contributed by atoms with Crippen LogP contribution in [-0.2, 0) is 14.3 Å². The Hall–Kier alpha value is -1.66. The molecule has 0 spiro atoms. The molecule has 1 aromatic carbocycles. The molecule has 0 unspecified atom stereocenters. The van der Waals surface area contributed by atoms with Gasteiger partial charge in [-0.1, -0.05) is 0 Å². The van der Waals surface area contributed by atoms with E-state index in [0.717, 1.165) is 0 Å². The van der Waals surface area contributed by atoms with E-state index >= 15 is 0 Å². The van der Waals surface area contributed by atoms with Gasteiger partial charge in [-0.15, -0.1) is 0 Å². The monoisotopic (exact) mass is 325 g/mol. The van der Waals surface area contributed by atoms with Crippen LogP contribution in [0.1, 0.15) is 20.8 Å². The van der Waals surface area contributed by atoms with Crippen molar-refractivity contribution < 1.29 is 23.4 Å². The standard InChI is InChI=1S/C17H24FNO4/c1-5-22-17(23-6-2)15-14(11(3)18)16(20)19(15)12-7-9-13(21-4)10-8-12/h7-11,14-15,17H,5-6H2,1-4H3/t11-,14-,15+/m1/s1. The van der Waals surface area contributed by atoms with Crippen LogP contribution in [0, 0.1) is 5.92 Å². The Morgan fingerprint density at radius 1 is 1.17 bits per heavy atom. The topological polar surface area (TPSA) is 48.0 Å². The van der Waals surface area contributed by atoms with E-state index in [9.17, 15) is 9.18 Å². The van der Waals surface area contributed by atoms with Gasteiger partial charge in [0.25, 0.3) is 0 Å². The average molecular weight is 325 g/mol. The van der Waals surface area contributed by atoms with E-state index in [1.807, 2.05) is 13.8 Å². The first-order valence-electron chi connectivity index (χ1n) is 7.89. The molecule has 0 bridgehead atoms. The summed E-state index contributed by atoms with van der Waals surface area (Å²) < 4.78 is 30.3. The van der Waals surface area contributed by atoms with Crippen LogP contribution in [0.15, 0.2) is 24.3 Å². The molecule has 2 rings (SSSR count). The minimum atomic E-state index is -1.26. The molecule has 5 nitrogen and oxygen atoms in total. The zero-order valence-corrected chi connectivity index (χ0v) is 14.0. The maximum Gasteiger partial charge on any atom is 0.235 e. The summed E-state index contributed by atoms with van der Waals surface area (Å²) in [7, 11) is 1.58. The highest BCUT2D eigenvalue weighted by molar-refractivity contribution is 6.03. The maximum atomic E-state index is 13.9. The van der Waals surface area contributed by atoms with Crippen molar-refractivity contribution in [3.63, 3.8) is 0 Å². The lowest BCUT2D eigenvalue weighted by molar-refractivity contribution is -0.180. The van der Waals surface area contributed by atoms with Crippen LogP contribution >= 0.6 is 0 Å². The molecule has 1 aliphatic rings. The van der Waals surface area contributed by atoms with Crippen molar-refractivity contribution in [1.82, 2.24) is 0 Å². The third kappa shape index (κ3) is 3.48. The number of carbonyl (C=O) groups is 1. The number of hydrogen-bond acceptors (Lipinski definition) is 4. The Morgan fingerprint density at radius 3 is 2.17 bits per heavy atom. The minimum Gasteiger partial charge on any atom is -0.497 e. The smallest absolute Gasteiger partial charge is 0.235 e. The van der Waals surface area contributed by atoms with Gasteiger partial charge in [0.2, 0.25) is 5.91 Å². The van der Waals surface area contributed by atoms with Gasteiger partial charge in [-0.25, -0.2) is 4.39 Å². The molecule has 1 fully saturated rings. The molecule has 1 aromatic rings. The molecule has 1 heterocycles. The van der Waals surface area contributed by atoms with Crippen LogP contribution in [0.5, 0.6) is 5.75 Å². The summed E-state index contributed by atoms with van der Waals surface area (Å²) in [5.74, 6) is -0.306. The third-order valence-electron chi connectivity index (χ3n) is 3.97. The van der Waals surface area contributed by atoms with Crippen LogP contribution in [0.25, 0.3) is 0 Å². The van der Waals surface area contributed by atoms with Crippen molar-refractivity contribution in [2.45, 2.75) is 39.3 Å². The summed E-state index contributed by atoms with van der Waals surface area (Å²) in [6.07, 6.45) is -1.90. The van der Waals surface area contributed by atoms with Crippen molar-refractivity contribution in [3.05, 3.63) is 24.3 Å². The second kappa shape index (κ2) is 7.75. The number of nitrogens with zero attached hydrogens (tertiary/aromatic N) is 1. The van der Waals surface area contributed by atoms with Crippen LogP contribution in [0.4, 0.5) is 10.1 Å². The Labute approximate surface area is 136 Å². The summed E-state index contributed by atoms with van der Waals surface area (Å²) >= 11 is 0. The van der Waals surface area contributed by atoms with Gasteiger partial charge in [0.05, 0.1) is 13.0 Å². The van der Waals surface area contributed by atoms with Crippen molar-refractivity contribution in [2.75, 3.05) is 25.2 Å². The van der Waals surface area contributed by atoms with Gasteiger partial charge in [-0.05, 0) is 45.0 Å². The lowest BCUT2D eigenvalue weighted by Gasteiger charge is -2.50. The van der Waals surface area contributed by atoms with Crippen LogP contribution in [-0.4, -0.2) is 44.7 Å². The van der Waals surface area contributed by atoms with Crippen LogP contribution < -0.4 is 9.64 Å². The zero-order valence-electron chi connectivity index (χ0n) is 14.0. The highest BCUT2D eigenvalue weighted by Gasteiger charge is 2.55. The van der Waals surface area contributed by atoms with Crippen molar-refractivity contribution in [2.24, 2.45) is 5.92 Å². The molecule has 6 heteroatoms. The number of halogens is 1. The van der Waals surface area contributed by atoms with E-state index in [-0.39, 0.29) is 5.91 Å². The lowest BCUT2D eigenvalue weighted by atomic mass is 9.82. The summed E-state index contributed by atoms with van der Waals surface area (Å²) in [6, 6.07) is 6.61. The normalized spacial score (nSPS) is 22.2. The Kier molecular flexibility index (Phi) is 5.96. The van der Waals surface area contributed by atoms with Gasteiger partial charge < -0.3 is 19.1 Å². The first-order valence-corrected chi connectivity index (χ1v) is 7.89. The molecule has 0 N–H and O–H groups in total. The Bertz CT molecular complexity index is 514. The van der Waals surface area contributed by atoms with Gasteiger partial charge in [0.1, 0.15) is 18.0 Å². The lowest BCUT2D eigenvalue weighted by Crippen LogP contribution is -2.69. The van der Waals surface area contributed by atoms with E-state index in [1.165, 1.54) is 6.92 Å². The van der Waals surface area contributed by atoms with E-state index in [2.05, 4.69) is 0 Å². The molecule has 1 aliphatic heterocycles. The first-order chi connectivity index (χ1) is 11.0. The quantitative estimate of drug-likeness (QED) is 0.545. The number of alkyl halides is 1. The second-order valence-corrected chi connectivity index (χ2v) is 5.38. The number of anilines is 1. The number of hydrogen-bond donors (Lipinski definition) is 0. The maximum absolute atomic E-state index is 13.9. The number of rotatable bonds is 8. The number of amides is 1. The fourth-order valence-corrected chi connectivity index (χ4v) is 2.91. The predicted molar refractivity (Wildman–Crippen MR) is 85.4 cm³/mol. The van der Waals surface area contributed by atoms with E-state index in [1.54, 1.807) is 36.3 Å². The van der Waals surface area contributed by atoms with Crippen molar-refractivity contribution in [1.29, 1.82) is 0 Å². The number of ether oxygens (including phenoxy) is 3. The van der Waals surface area contributed by atoms with Crippen molar-refractivity contribution in [3.8, 4) is 5.75 Å². The molecular weight excluding hydrogens is 301 g/mol. The number of benzene rings is 1. The number of carbonyl (C=O) groups excluding carboxylic acids is 1. The highest BCUT2D eigenvalue weighted by Crippen LogP contribution is 2.39. The van der Waals surface area contributed by atoms with Gasteiger partial charge in [-0.2, -0.15) is 0 Å². The number of methoxy groups -OCH3 is 1.